The Morgan fingerprint density at radius 3 is 2.50 bits per heavy atom. The third-order valence-electron chi connectivity index (χ3n) is 5.96. The summed E-state index contributed by atoms with van der Waals surface area (Å²) in [5.74, 6) is 1.75. The van der Waals surface area contributed by atoms with Crippen molar-refractivity contribution in [3.8, 4) is 16.3 Å². The minimum Gasteiger partial charge on any atom is -0.497 e. The van der Waals surface area contributed by atoms with Gasteiger partial charge in [-0.3, -0.25) is 9.69 Å². The number of methoxy groups -OCH3 is 1. The molecule has 4 rings (SSSR count). The Kier molecular flexibility index (Phi) is 6.27. The maximum Gasteiger partial charge on any atom is 0.273 e. The fraction of sp³-hybridized carbons (Fsp3) is 0.545. The first-order valence-electron chi connectivity index (χ1n) is 10.3. The van der Waals surface area contributed by atoms with Crippen LogP contribution in [0, 0.1) is 5.92 Å². The van der Waals surface area contributed by atoms with E-state index in [2.05, 4.69) is 9.88 Å². The lowest BCUT2D eigenvalue weighted by Gasteiger charge is -2.37. The van der Waals surface area contributed by atoms with E-state index in [0.29, 0.717) is 5.69 Å². The molecule has 1 aliphatic heterocycles. The van der Waals surface area contributed by atoms with Gasteiger partial charge in [-0.1, -0.05) is 19.3 Å². The number of hydrogen-bond acceptors (Lipinski definition) is 5. The predicted molar refractivity (Wildman–Crippen MR) is 113 cm³/mol. The third-order valence-corrected chi connectivity index (χ3v) is 6.85. The first-order valence-corrected chi connectivity index (χ1v) is 11.2. The number of benzene rings is 1. The van der Waals surface area contributed by atoms with Gasteiger partial charge in [-0.25, -0.2) is 4.98 Å². The highest BCUT2D eigenvalue weighted by Gasteiger charge is 2.25. The van der Waals surface area contributed by atoms with E-state index in [1.165, 1.54) is 50.0 Å². The highest BCUT2D eigenvalue weighted by molar-refractivity contribution is 7.13. The minimum absolute atomic E-state index is 0.0633. The van der Waals surface area contributed by atoms with E-state index in [1.807, 2.05) is 34.5 Å². The Balaban J connectivity index is 1.32. The first-order chi connectivity index (χ1) is 13.7. The zero-order valence-electron chi connectivity index (χ0n) is 16.6. The number of amides is 1. The second kappa shape index (κ2) is 9.05. The summed E-state index contributed by atoms with van der Waals surface area (Å²) in [6.45, 7) is 4.79. The third kappa shape index (κ3) is 4.55. The number of hydrogen-bond donors (Lipinski definition) is 0. The summed E-state index contributed by atoms with van der Waals surface area (Å²) in [6.07, 6.45) is 6.95. The van der Waals surface area contributed by atoms with Gasteiger partial charge in [0.1, 0.15) is 16.5 Å². The van der Waals surface area contributed by atoms with E-state index < -0.39 is 0 Å². The smallest absolute Gasteiger partial charge is 0.273 e. The van der Waals surface area contributed by atoms with Crippen molar-refractivity contribution < 1.29 is 9.53 Å². The normalized spacial score (nSPS) is 19.0. The van der Waals surface area contributed by atoms with Crippen molar-refractivity contribution in [3.05, 3.63) is 35.3 Å². The maximum absolute atomic E-state index is 12.9. The van der Waals surface area contributed by atoms with Gasteiger partial charge in [0, 0.05) is 43.7 Å². The van der Waals surface area contributed by atoms with Gasteiger partial charge >= 0.3 is 0 Å². The largest absolute Gasteiger partial charge is 0.497 e. The molecule has 1 saturated heterocycles. The van der Waals surface area contributed by atoms with Crippen LogP contribution in [0.1, 0.15) is 42.6 Å². The van der Waals surface area contributed by atoms with E-state index in [4.69, 9.17) is 4.74 Å². The molecule has 6 heteroatoms. The SMILES string of the molecule is COc1ccc(-c2nc(C(=O)N3CCN(CC4CCCCC4)CC3)cs2)cc1. The Hall–Kier alpha value is -1.92. The summed E-state index contributed by atoms with van der Waals surface area (Å²) in [4.78, 5) is 22.0. The average Bonchev–Trinajstić information content (AvgIpc) is 3.25. The lowest BCUT2D eigenvalue weighted by atomic mass is 9.89. The molecular weight excluding hydrogens is 370 g/mol. The lowest BCUT2D eigenvalue weighted by Crippen LogP contribution is -2.50. The molecule has 1 amide bonds. The topological polar surface area (TPSA) is 45.7 Å². The second-order valence-corrected chi connectivity index (χ2v) is 8.72. The molecule has 2 fully saturated rings. The van der Waals surface area contributed by atoms with Crippen molar-refractivity contribution >= 4 is 17.2 Å². The number of carbonyl (C=O) groups excluding carboxylic acids is 1. The number of aromatic nitrogens is 1. The summed E-state index contributed by atoms with van der Waals surface area (Å²) in [6, 6.07) is 7.81. The fourth-order valence-electron chi connectivity index (χ4n) is 4.27. The van der Waals surface area contributed by atoms with Crippen molar-refractivity contribution in [1.29, 1.82) is 0 Å². The minimum atomic E-state index is 0.0633. The van der Waals surface area contributed by atoms with Gasteiger partial charge in [-0.15, -0.1) is 11.3 Å². The van der Waals surface area contributed by atoms with Crippen LogP contribution in [0.25, 0.3) is 10.6 Å². The van der Waals surface area contributed by atoms with Gasteiger partial charge < -0.3 is 9.64 Å². The molecule has 1 aliphatic carbocycles. The molecule has 1 aromatic heterocycles. The maximum atomic E-state index is 12.9. The van der Waals surface area contributed by atoms with Crippen LogP contribution in [0.5, 0.6) is 5.75 Å². The van der Waals surface area contributed by atoms with Crippen molar-refractivity contribution in [2.24, 2.45) is 5.92 Å². The van der Waals surface area contributed by atoms with E-state index >= 15 is 0 Å². The van der Waals surface area contributed by atoms with Crippen LogP contribution in [0.2, 0.25) is 0 Å². The Labute approximate surface area is 171 Å². The van der Waals surface area contributed by atoms with Gasteiger partial charge in [-0.05, 0) is 43.0 Å². The Morgan fingerprint density at radius 1 is 1.11 bits per heavy atom. The van der Waals surface area contributed by atoms with Crippen LogP contribution in [0.15, 0.2) is 29.6 Å². The molecule has 150 valence electrons. The summed E-state index contributed by atoms with van der Waals surface area (Å²) >= 11 is 1.52. The van der Waals surface area contributed by atoms with E-state index in [0.717, 1.165) is 48.4 Å². The molecule has 2 heterocycles. The van der Waals surface area contributed by atoms with Gasteiger partial charge in [0.2, 0.25) is 0 Å². The highest BCUT2D eigenvalue weighted by Crippen LogP contribution is 2.27. The fourth-order valence-corrected chi connectivity index (χ4v) is 5.07. The van der Waals surface area contributed by atoms with Crippen LogP contribution in [-0.2, 0) is 0 Å². The number of nitrogens with zero attached hydrogens (tertiary/aromatic N) is 3. The first kappa shape index (κ1) is 19.4. The Bertz CT molecular complexity index is 775. The molecule has 2 aliphatic rings. The molecule has 0 unspecified atom stereocenters. The number of carbonyl (C=O) groups is 1. The van der Waals surface area contributed by atoms with Crippen molar-refractivity contribution in [1.82, 2.24) is 14.8 Å². The highest BCUT2D eigenvalue weighted by atomic mass is 32.1. The zero-order chi connectivity index (χ0) is 19.3. The molecule has 0 radical (unpaired) electrons. The standard InChI is InChI=1S/C22H29N3O2S/c1-27-19-9-7-18(8-10-19)21-23-20(16-28-21)22(26)25-13-11-24(12-14-25)15-17-5-3-2-4-6-17/h7-10,16-17H,2-6,11-15H2,1H3. The van der Waals surface area contributed by atoms with E-state index in [-0.39, 0.29) is 5.91 Å². The molecule has 2 aromatic rings. The molecule has 0 spiro atoms. The van der Waals surface area contributed by atoms with Gasteiger partial charge in [0.25, 0.3) is 5.91 Å². The van der Waals surface area contributed by atoms with Crippen molar-refractivity contribution in [2.75, 3.05) is 39.8 Å². The van der Waals surface area contributed by atoms with Gasteiger partial charge in [-0.2, -0.15) is 0 Å². The lowest BCUT2D eigenvalue weighted by molar-refractivity contribution is 0.0601. The number of rotatable bonds is 5. The number of ether oxygens (including phenoxy) is 1. The van der Waals surface area contributed by atoms with Gasteiger partial charge in [0.05, 0.1) is 7.11 Å². The van der Waals surface area contributed by atoms with Crippen LogP contribution in [0.4, 0.5) is 0 Å². The van der Waals surface area contributed by atoms with Crippen LogP contribution >= 0.6 is 11.3 Å². The molecule has 0 N–H and O–H groups in total. The Morgan fingerprint density at radius 2 is 1.82 bits per heavy atom. The quantitative estimate of drug-likeness (QED) is 0.757. The zero-order valence-corrected chi connectivity index (χ0v) is 17.4. The molecule has 5 nitrogen and oxygen atoms in total. The molecule has 0 bridgehead atoms. The summed E-state index contributed by atoms with van der Waals surface area (Å²) < 4.78 is 5.20. The van der Waals surface area contributed by atoms with Crippen molar-refractivity contribution in [2.45, 2.75) is 32.1 Å². The van der Waals surface area contributed by atoms with Crippen LogP contribution in [0.3, 0.4) is 0 Å². The predicted octanol–water partition coefficient (Wildman–Crippen LogP) is 4.16. The van der Waals surface area contributed by atoms with Crippen molar-refractivity contribution in [3.63, 3.8) is 0 Å². The van der Waals surface area contributed by atoms with Crippen LogP contribution in [-0.4, -0.2) is 60.5 Å². The molecule has 28 heavy (non-hydrogen) atoms. The summed E-state index contributed by atoms with van der Waals surface area (Å²) in [7, 11) is 1.66. The molecule has 0 atom stereocenters. The number of piperazine rings is 1. The monoisotopic (exact) mass is 399 g/mol. The van der Waals surface area contributed by atoms with E-state index in [9.17, 15) is 4.79 Å². The van der Waals surface area contributed by atoms with Gasteiger partial charge in [0.15, 0.2) is 0 Å². The molecule has 1 saturated carbocycles. The summed E-state index contributed by atoms with van der Waals surface area (Å²) in [5, 5.41) is 2.76. The number of thiazole rings is 1. The molecular formula is C22H29N3O2S. The second-order valence-electron chi connectivity index (χ2n) is 7.86. The average molecular weight is 400 g/mol. The molecule has 1 aromatic carbocycles. The van der Waals surface area contributed by atoms with Crippen LogP contribution < -0.4 is 4.74 Å². The van der Waals surface area contributed by atoms with E-state index in [1.54, 1.807) is 7.11 Å². The summed E-state index contributed by atoms with van der Waals surface area (Å²) in [5.41, 5.74) is 1.58.